The number of nitrogens with zero attached hydrogens (tertiary/aromatic N) is 5. The van der Waals surface area contributed by atoms with Gasteiger partial charge in [0.05, 0.1) is 35.3 Å². The van der Waals surface area contributed by atoms with Gasteiger partial charge in [-0.1, -0.05) is 0 Å². The average Bonchev–Trinajstić information content (AvgIpc) is 3.16. The van der Waals surface area contributed by atoms with Crippen molar-refractivity contribution in [2.75, 3.05) is 26.2 Å². The van der Waals surface area contributed by atoms with Gasteiger partial charge in [-0.25, -0.2) is 15.0 Å². The first-order chi connectivity index (χ1) is 13.2. The molecule has 0 amide bonds. The monoisotopic (exact) mass is 377 g/mol. The first kappa shape index (κ1) is 17.0. The molecule has 2 heterocycles. The zero-order chi connectivity index (χ0) is 19.0. The molecule has 4 rings (SSSR count). The molecule has 2 aromatic carbocycles. The number of fused-ring (bicyclic) bond motifs is 3. The predicted octanol–water partition coefficient (Wildman–Crippen LogP) is 3.90. The lowest BCUT2D eigenvalue weighted by Crippen LogP contribution is -2.12. The fraction of sp³-hybridized carbons (Fsp3) is 0.158. The van der Waals surface area contributed by atoms with Crippen molar-refractivity contribution in [3.05, 3.63) is 41.7 Å². The maximum absolute atomic E-state index is 9.20. The summed E-state index contributed by atoms with van der Waals surface area (Å²) in [6.07, 6.45) is 1.53. The summed E-state index contributed by atoms with van der Waals surface area (Å²) >= 11 is 1.34. The summed E-state index contributed by atoms with van der Waals surface area (Å²) in [4.78, 5) is 15.2. The highest BCUT2D eigenvalue weighted by Gasteiger charge is 2.17. The molecule has 0 atom stereocenters. The number of rotatable bonds is 4. The molecule has 0 bridgehead atoms. The van der Waals surface area contributed by atoms with Crippen LogP contribution in [0.5, 0.6) is 11.5 Å². The van der Waals surface area contributed by atoms with Crippen molar-refractivity contribution in [2.45, 2.75) is 0 Å². The number of aromatic nitrogens is 3. The Morgan fingerprint density at radius 1 is 1.04 bits per heavy atom. The van der Waals surface area contributed by atoms with E-state index in [1.807, 2.05) is 42.3 Å². The number of hydrogen-bond acceptors (Lipinski definition) is 8. The Morgan fingerprint density at radius 3 is 2.56 bits per heavy atom. The Hall–Kier alpha value is -3.44. The molecule has 0 radical (unpaired) electrons. The highest BCUT2D eigenvalue weighted by molar-refractivity contribution is 7.20. The quantitative estimate of drug-likeness (QED) is 0.533. The molecule has 0 saturated heterocycles. The van der Waals surface area contributed by atoms with Gasteiger partial charge in [0.1, 0.15) is 18.2 Å². The third-order valence-corrected chi connectivity index (χ3v) is 5.30. The second-order valence-corrected chi connectivity index (χ2v) is 6.73. The van der Waals surface area contributed by atoms with E-state index in [4.69, 9.17) is 9.47 Å². The van der Waals surface area contributed by atoms with E-state index in [9.17, 15) is 5.26 Å². The van der Waals surface area contributed by atoms with Gasteiger partial charge in [-0.2, -0.15) is 5.26 Å². The predicted molar refractivity (Wildman–Crippen MR) is 105 cm³/mol. The van der Waals surface area contributed by atoms with Crippen LogP contribution in [-0.2, 0) is 0 Å². The van der Waals surface area contributed by atoms with Gasteiger partial charge in [0, 0.05) is 18.8 Å². The molecule has 4 aromatic rings. The van der Waals surface area contributed by atoms with Crippen molar-refractivity contribution in [3.8, 4) is 17.6 Å². The van der Waals surface area contributed by atoms with Crippen LogP contribution in [0.25, 0.3) is 21.1 Å². The molecular formula is C19H15N5O2S. The largest absolute Gasteiger partial charge is 0.493 e. The van der Waals surface area contributed by atoms with Crippen molar-refractivity contribution < 1.29 is 9.47 Å². The lowest BCUT2D eigenvalue weighted by Gasteiger charge is -2.21. The summed E-state index contributed by atoms with van der Waals surface area (Å²) in [5, 5.41) is 10.5. The summed E-state index contributed by atoms with van der Waals surface area (Å²) in [7, 11) is 5.13. The second kappa shape index (κ2) is 6.70. The molecule has 0 aliphatic heterocycles. The Bertz CT molecular complexity index is 1200. The van der Waals surface area contributed by atoms with Crippen molar-refractivity contribution >= 4 is 44.0 Å². The number of methoxy groups -OCH3 is 2. The third kappa shape index (κ3) is 2.78. The van der Waals surface area contributed by atoms with Gasteiger partial charge in [0.25, 0.3) is 0 Å². The normalized spacial score (nSPS) is 10.7. The SMILES string of the molecule is COc1ccc(N(C)c2ncnc3ccc4nc(C#N)sc4c23)cc1OC. The molecule has 27 heavy (non-hydrogen) atoms. The molecule has 0 saturated carbocycles. The zero-order valence-electron chi connectivity index (χ0n) is 14.9. The summed E-state index contributed by atoms with van der Waals surface area (Å²) in [5.41, 5.74) is 2.45. The number of thiazole rings is 1. The van der Waals surface area contributed by atoms with E-state index >= 15 is 0 Å². The Labute approximate surface area is 159 Å². The minimum Gasteiger partial charge on any atom is -0.493 e. The topological polar surface area (TPSA) is 84.2 Å². The van der Waals surface area contributed by atoms with Crippen molar-refractivity contribution in [1.29, 1.82) is 5.26 Å². The first-order valence-corrected chi connectivity index (χ1v) is 8.88. The smallest absolute Gasteiger partial charge is 0.195 e. The van der Waals surface area contributed by atoms with E-state index in [2.05, 4.69) is 21.0 Å². The van der Waals surface area contributed by atoms with Crippen LogP contribution in [0.1, 0.15) is 5.01 Å². The summed E-state index contributed by atoms with van der Waals surface area (Å²) < 4.78 is 11.6. The number of hydrogen-bond donors (Lipinski definition) is 0. The van der Waals surface area contributed by atoms with Crippen LogP contribution in [0.3, 0.4) is 0 Å². The average molecular weight is 377 g/mol. The third-order valence-electron chi connectivity index (χ3n) is 4.30. The van der Waals surface area contributed by atoms with E-state index < -0.39 is 0 Å². The van der Waals surface area contributed by atoms with Gasteiger partial charge >= 0.3 is 0 Å². The molecule has 134 valence electrons. The van der Waals surface area contributed by atoms with Gasteiger partial charge in [-0.05, 0) is 24.3 Å². The van der Waals surface area contributed by atoms with Gasteiger partial charge in [0.2, 0.25) is 0 Å². The van der Waals surface area contributed by atoms with Crippen LogP contribution in [0.4, 0.5) is 11.5 Å². The van der Waals surface area contributed by atoms with Gasteiger partial charge in [0.15, 0.2) is 16.5 Å². The van der Waals surface area contributed by atoms with Gasteiger partial charge in [-0.3, -0.25) is 0 Å². The standard InChI is InChI=1S/C19H15N5O2S/c1-24(11-4-7-14(25-2)15(8-11)26-3)19-17-12(21-10-22-19)5-6-13-18(17)27-16(9-20)23-13/h4-8,10H,1-3H3. The van der Waals surface area contributed by atoms with Crippen LogP contribution >= 0.6 is 11.3 Å². The molecule has 0 N–H and O–H groups in total. The fourth-order valence-electron chi connectivity index (χ4n) is 2.97. The maximum Gasteiger partial charge on any atom is 0.195 e. The summed E-state index contributed by atoms with van der Waals surface area (Å²) in [5.74, 6) is 2.02. The van der Waals surface area contributed by atoms with Crippen LogP contribution < -0.4 is 14.4 Å². The van der Waals surface area contributed by atoms with Crippen molar-refractivity contribution in [3.63, 3.8) is 0 Å². The van der Waals surface area contributed by atoms with E-state index in [1.165, 1.54) is 17.7 Å². The molecular weight excluding hydrogens is 362 g/mol. The lowest BCUT2D eigenvalue weighted by molar-refractivity contribution is 0.355. The molecule has 0 spiro atoms. The summed E-state index contributed by atoms with van der Waals surface area (Å²) in [6.45, 7) is 0. The Balaban J connectivity index is 1.93. The van der Waals surface area contributed by atoms with Crippen LogP contribution in [-0.4, -0.2) is 36.2 Å². The zero-order valence-corrected chi connectivity index (χ0v) is 15.7. The van der Waals surface area contributed by atoms with Crippen LogP contribution in [0, 0.1) is 11.3 Å². The maximum atomic E-state index is 9.20. The van der Waals surface area contributed by atoms with Crippen molar-refractivity contribution in [1.82, 2.24) is 15.0 Å². The van der Waals surface area contributed by atoms with Gasteiger partial charge < -0.3 is 14.4 Å². The number of ether oxygens (including phenoxy) is 2. The highest BCUT2D eigenvalue weighted by atomic mass is 32.1. The molecule has 0 unspecified atom stereocenters. The second-order valence-electron chi connectivity index (χ2n) is 5.73. The fourth-order valence-corrected chi connectivity index (χ4v) is 3.87. The summed E-state index contributed by atoms with van der Waals surface area (Å²) in [6, 6.07) is 11.6. The number of benzene rings is 2. The first-order valence-electron chi connectivity index (χ1n) is 8.06. The van der Waals surface area contributed by atoms with Crippen LogP contribution in [0.2, 0.25) is 0 Å². The van der Waals surface area contributed by atoms with Crippen LogP contribution in [0.15, 0.2) is 36.7 Å². The van der Waals surface area contributed by atoms with Crippen molar-refractivity contribution in [2.24, 2.45) is 0 Å². The highest BCUT2D eigenvalue weighted by Crippen LogP contribution is 2.38. The number of anilines is 2. The van der Waals surface area contributed by atoms with E-state index in [0.29, 0.717) is 16.5 Å². The Kier molecular flexibility index (Phi) is 4.22. The molecule has 8 heteroatoms. The minimum atomic E-state index is 0.418. The molecule has 0 fully saturated rings. The number of nitriles is 1. The Morgan fingerprint density at radius 2 is 1.81 bits per heavy atom. The molecule has 0 aliphatic carbocycles. The van der Waals surface area contributed by atoms with Gasteiger partial charge in [-0.15, -0.1) is 11.3 Å². The molecule has 7 nitrogen and oxygen atoms in total. The lowest BCUT2D eigenvalue weighted by atomic mass is 10.2. The molecule has 0 aliphatic rings. The minimum absolute atomic E-state index is 0.418. The van der Waals surface area contributed by atoms with E-state index in [0.717, 1.165) is 32.6 Å². The van der Waals surface area contributed by atoms with E-state index in [-0.39, 0.29) is 0 Å². The molecule has 2 aromatic heterocycles. The van der Waals surface area contributed by atoms with E-state index in [1.54, 1.807) is 14.2 Å².